The summed E-state index contributed by atoms with van der Waals surface area (Å²) in [7, 11) is 1.71. The molecule has 0 aromatic heterocycles. The number of urea groups is 1. The van der Waals surface area contributed by atoms with Gasteiger partial charge in [-0.15, -0.1) is 0 Å². The summed E-state index contributed by atoms with van der Waals surface area (Å²) in [6.45, 7) is 4.44. The van der Waals surface area contributed by atoms with E-state index in [0.29, 0.717) is 12.1 Å². The second-order valence-electron chi connectivity index (χ2n) is 7.09. The van der Waals surface area contributed by atoms with Crippen molar-refractivity contribution in [2.24, 2.45) is 0 Å². The first-order valence-corrected chi connectivity index (χ1v) is 9.57. The smallest absolute Gasteiger partial charge is 0.322 e. The molecule has 138 valence electrons. The lowest BCUT2D eigenvalue weighted by Gasteiger charge is -2.31. The van der Waals surface area contributed by atoms with Crippen molar-refractivity contribution >= 4 is 33.6 Å². The zero-order valence-corrected chi connectivity index (χ0v) is 17.0. The quantitative estimate of drug-likeness (QED) is 0.788. The molecule has 0 unspecified atom stereocenters. The maximum atomic E-state index is 13.3. The van der Waals surface area contributed by atoms with Crippen molar-refractivity contribution in [3.05, 3.63) is 74.9 Å². The number of hydrogen-bond acceptors (Lipinski definition) is 2. The van der Waals surface area contributed by atoms with E-state index in [1.54, 1.807) is 16.8 Å². The van der Waals surface area contributed by atoms with Crippen molar-refractivity contribution in [2.75, 3.05) is 18.5 Å². The summed E-state index contributed by atoms with van der Waals surface area (Å²) in [6.07, 6.45) is 0. The Morgan fingerprint density at radius 2 is 1.67 bits per heavy atom. The van der Waals surface area contributed by atoms with Gasteiger partial charge in [0.25, 0.3) is 5.91 Å². The Morgan fingerprint density at radius 3 is 2.30 bits per heavy atom. The first-order valence-electron chi connectivity index (χ1n) is 8.78. The Labute approximate surface area is 166 Å². The molecule has 2 aromatic rings. The van der Waals surface area contributed by atoms with Crippen LogP contribution in [0.25, 0.3) is 0 Å². The molecule has 0 saturated heterocycles. The molecular weight excluding hydrogens is 406 g/mol. The second kappa shape index (κ2) is 6.53. The minimum atomic E-state index is -0.444. The maximum Gasteiger partial charge on any atom is 0.322 e. The fourth-order valence-electron chi connectivity index (χ4n) is 3.79. The SMILES string of the molecule is Cc1cc(C)cc(N2CC3=C(C2=O)[C@H](c2ccc(Br)cc2)NC(=O)N3C)c1. The molecule has 4 rings (SSSR count). The summed E-state index contributed by atoms with van der Waals surface area (Å²) >= 11 is 3.43. The van der Waals surface area contributed by atoms with Crippen molar-refractivity contribution in [3.63, 3.8) is 0 Å². The Hall–Kier alpha value is -2.60. The molecule has 0 fully saturated rings. The largest absolute Gasteiger partial charge is 0.327 e. The van der Waals surface area contributed by atoms with Gasteiger partial charge in [-0.2, -0.15) is 0 Å². The Bertz CT molecular complexity index is 961. The van der Waals surface area contributed by atoms with Crippen LogP contribution in [-0.4, -0.2) is 30.4 Å². The lowest BCUT2D eigenvalue weighted by atomic mass is 9.96. The molecule has 27 heavy (non-hydrogen) atoms. The lowest BCUT2D eigenvalue weighted by Crippen LogP contribution is -2.45. The molecule has 0 saturated carbocycles. The number of likely N-dealkylation sites (N-methyl/N-ethyl adjacent to an activating group) is 1. The fourth-order valence-corrected chi connectivity index (χ4v) is 4.05. The van der Waals surface area contributed by atoms with Crippen LogP contribution in [0.4, 0.5) is 10.5 Å². The summed E-state index contributed by atoms with van der Waals surface area (Å²) < 4.78 is 0.953. The van der Waals surface area contributed by atoms with E-state index in [0.717, 1.165) is 32.5 Å². The standard InChI is InChI=1S/C21H20BrN3O2/c1-12-8-13(2)10-16(9-12)25-11-17-18(20(25)26)19(23-21(27)24(17)3)14-4-6-15(22)7-5-14/h4-10,19H,11H2,1-3H3,(H,23,27)/t19-/m0/s1. The van der Waals surface area contributed by atoms with Gasteiger partial charge in [0.05, 0.1) is 23.9 Å². The molecule has 5 nitrogen and oxygen atoms in total. The molecular formula is C21H20BrN3O2. The van der Waals surface area contributed by atoms with Crippen molar-refractivity contribution in [3.8, 4) is 0 Å². The molecule has 6 heteroatoms. The topological polar surface area (TPSA) is 52.7 Å². The van der Waals surface area contributed by atoms with Crippen LogP contribution in [0.15, 0.2) is 58.2 Å². The average molecular weight is 426 g/mol. The van der Waals surface area contributed by atoms with Crippen molar-refractivity contribution in [1.82, 2.24) is 10.2 Å². The van der Waals surface area contributed by atoms with Gasteiger partial charge in [-0.3, -0.25) is 9.69 Å². The number of nitrogens with one attached hydrogen (secondary N) is 1. The van der Waals surface area contributed by atoms with E-state index in [1.165, 1.54) is 0 Å². The molecule has 0 radical (unpaired) electrons. The number of carbonyl (C=O) groups excluding carboxylic acids is 2. The van der Waals surface area contributed by atoms with Gasteiger partial charge in [0.1, 0.15) is 0 Å². The van der Waals surface area contributed by atoms with Crippen LogP contribution >= 0.6 is 15.9 Å². The average Bonchev–Trinajstić information content (AvgIpc) is 2.96. The lowest BCUT2D eigenvalue weighted by molar-refractivity contribution is -0.114. The highest BCUT2D eigenvalue weighted by molar-refractivity contribution is 9.10. The second-order valence-corrected chi connectivity index (χ2v) is 8.01. The number of benzene rings is 2. The predicted octanol–water partition coefficient (Wildman–Crippen LogP) is 4.06. The van der Waals surface area contributed by atoms with Gasteiger partial charge in [-0.05, 0) is 54.8 Å². The van der Waals surface area contributed by atoms with Gasteiger partial charge < -0.3 is 10.2 Å². The zero-order valence-electron chi connectivity index (χ0n) is 15.4. The molecule has 0 spiro atoms. The van der Waals surface area contributed by atoms with Crippen LogP contribution in [0, 0.1) is 13.8 Å². The third-order valence-electron chi connectivity index (χ3n) is 5.08. The fraction of sp³-hybridized carbons (Fsp3) is 0.238. The molecule has 2 aliphatic heterocycles. The van der Waals surface area contributed by atoms with Crippen LogP contribution in [0.2, 0.25) is 0 Å². The van der Waals surface area contributed by atoms with E-state index in [1.807, 2.05) is 50.2 Å². The van der Waals surface area contributed by atoms with Crippen LogP contribution in [0.1, 0.15) is 22.7 Å². The normalized spacial score (nSPS) is 19.5. The highest BCUT2D eigenvalue weighted by Crippen LogP contribution is 2.38. The van der Waals surface area contributed by atoms with Gasteiger partial charge in [-0.1, -0.05) is 34.1 Å². The summed E-state index contributed by atoms with van der Waals surface area (Å²) in [5, 5.41) is 2.96. The highest BCUT2D eigenvalue weighted by Gasteiger charge is 2.43. The van der Waals surface area contributed by atoms with E-state index in [4.69, 9.17) is 0 Å². The minimum absolute atomic E-state index is 0.0604. The maximum absolute atomic E-state index is 13.3. The van der Waals surface area contributed by atoms with E-state index in [9.17, 15) is 9.59 Å². The summed E-state index contributed by atoms with van der Waals surface area (Å²) in [4.78, 5) is 29.1. The van der Waals surface area contributed by atoms with Gasteiger partial charge in [0, 0.05) is 17.2 Å². The highest BCUT2D eigenvalue weighted by atomic mass is 79.9. The number of anilines is 1. The van der Waals surface area contributed by atoms with E-state index in [2.05, 4.69) is 27.3 Å². The van der Waals surface area contributed by atoms with Gasteiger partial charge >= 0.3 is 6.03 Å². The minimum Gasteiger partial charge on any atom is -0.327 e. The zero-order chi connectivity index (χ0) is 19.3. The number of hydrogen-bond donors (Lipinski definition) is 1. The third-order valence-corrected chi connectivity index (χ3v) is 5.61. The number of carbonyl (C=O) groups is 2. The van der Waals surface area contributed by atoms with Crippen molar-refractivity contribution in [1.29, 1.82) is 0 Å². The van der Waals surface area contributed by atoms with Crippen molar-refractivity contribution < 1.29 is 9.59 Å². The summed E-state index contributed by atoms with van der Waals surface area (Å²) in [5.41, 5.74) is 5.36. The first-order chi connectivity index (χ1) is 12.8. The molecule has 0 aliphatic carbocycles. The Morgan fingerprint density at radius 1 is 1.04 bits per heavy atom. The number of rotatable bonds is 2. The van der Waals surface area contributed by atoms with Crippen LogP contribution in [0.5, 0.6) is 0 Å². The summed E-state index contributed by atoms with van der Waals surface area (Å²) in [6, 6.07) is 13.1. The molecule has 2 aromatic carbocycles. The number of halogens is 1. The van der Waals surface area contributed by atoms with Crippen LogP contribution in [0.3, 0.4) is 0 Å². The Kier molecular flexibility index (Phi) is 4.30. The predicted molar refractivity (Wildman–Crippen MR) is 108 cm³/mol. The van der Waals surface area contributed by atoms with Crippen molar-refractivity contribution in [2.45, 2.75) is 19.9 Å². The molecule has 1 N–H and O–H groups in total. The summed E-state index contributed by atoms with van der Waals surface area (Å²) in [5.74, 6) is -0.0604. The van der Waals surface area contributed by atoms with Gasteiger partial charge in [0.2, 0.25) is 0 Å². The monoisotopic (exact) mass is 425 g/mol. The molecule has 0 bridgehead atoms. The van der Waals surface area contributed by atoms with Crippen LogP contribution in [-0.2, 0) is 4.79 Å². The Balaban J connectivity index is 1.77. The van der Waals surface area contributed by atoms with Crippen LogP contribution < -0.4 is 10.2 Å². The van der Waals surface area contributed by atoms with Gasteiger partial charge in [0.15, 0.2) is 0 Å². The van der Waals surface area contributed by atoms with E-state index in [-0.39, 0.29) is 11.9 Å². The van der Waals surface area contributed by atoms with Gasteiger partial charge in [-0.25, -0.2) is 4.79 Å². The molecule has 2 heterocycles. The number of aryl methyl sites for hydroxylation is 2. The van der Waals surface area contributed by atoms with E-state index >= 15 is 0 Å². The first kappa shape index (κ1) is 17.8. The molecule has 3 amide bonds. The molecule has 1 atom stereocenters. The molecule has 2 aliphatic rings. The third kappa shape index (κ3) is 3.04. The van der Waals surface area contributed by atoms with E-state index < -0.39 is 6.04 Å². The number of nitrogens with zero attached hydrogens (tertiary/aromatic N) is 2. The number of amides is 3.